The highest BCUT2D eigenvalue weighted by Gasteiger charge is 2.38. The first-order valence-corrected chi connectivity index (χ1v) is 7.01. The van der Waals surface area contributed by atoms with Crippen LogP contribution >= 0.6 is 0 Å². The van der Waals surface area contributed by atoms with Crippen molar-refractivity contribution in [3.8, 4) is 0 Å². The van der Waals surface area contributed by atoms with Crippen molar-refractivity contribution >= 4 is 18.1 Å². The predicted octanol–water partition coefficient (Wildman–Crippen LogP) is 3.75. The first kappa shape index (κ1) is 20.1. The minimum absolute atomic E-state index is 0.248. The number of esters is 1. The van der Waals surface area contributed by atoms with Gasteiger partial charge in [0.15, 0.2) is 5.69 Å². The molecule has 2 rings (SSSR count). The van der Waals surface area contributed by atoms with Crippen molar-refractivity contribution in [2.75, 3.05) is 12.5 Å². The highest BCUT2D eigenvalue weighted by molar-refractivity contribution is 5.90. The van der Waals surface area contributed by atoms with Crippen LogP contribution in [0.3, 0.4) is 0 Å². The molecule has 6 nitrogen and oxygen atoms in total. The smallest absolute Gasteiger partial charge is 0.434 e. The second kappa shape index (κ2) is 7.60. The topological polar surface area (TPSA) is 76.5 Å². The van der Waals surface area contributed by atoms with E-state index in [1.54, 1.807) is 0 Å². The minimum atomic E-state index is -4.94. The lowest BCUT2D eigenvalue weighted by Gasteiger charge is -2.10. The van der Waals surface area contributed by atoms with Gasteiger partial charge < -0.3 is 4.74 Å². The molecule has 12 heteroatoms. The van der Waals surface area contributed by atoms with Crippen LogP contribution in [-0.2, 0) is 17.1 Å². The number of hydrazone groups is 1. The van der Waals surface area contributed by atoms with E-state index in [1.165, 1.54) is 0 Å². The fourth-order valence-electron chi connectivity index (χ4n) is 1.83. The van der Waals surface area contributed by atoms with Gasteiger partial charge in [0.05, 0.1) is 18.9 Å². The van der Waals surface area contributed by atoms with Gasteiger partial charge in [0.2, 0.25) is 5.95 Å². The fraction of sp³-hybridized carbons (Fsp3) is 0.200. The Hall–Kier alpha value is -3.18. The molecule has 0 aliphatic heterocycles. The molecule has 144 valence electrons. The van der Waals surface area contributed by atoms with E-state index in [1.807, 2.05) is 0 Å². The number of hydrogen-bond donors (Lipinski definition) is 1. The number of carbonyl (C=O) groups is 1. The molecule has 2 aromatic rings. The van der Waals surface area contributed by atoms with E-state index in [0.717, 1.165) is 37.6 Å². The Bertz CT molecular complexity index is 847. The maximum absolute atomic E-state index is 13.0. The summed E-state index contributed by atoms with van der Waals surface area (Å²) >= 11 is 0. The lowest BCUT2D eigenvalue weighted by Crippen LogP contribution is -2.18. The standard InChI is InChI=1S/C15H10F6N4O2/c1-27-12(26)10-7-22-13(24-11(10)15(19,20)21)25-23-6-8-2-4-9(5-3-8)14(16,17)18/h2-7H,1H3,(H,22,24,25)/b23-6+. The van der Waals surface area contributed by atoms with Gasteiger partial charge >= 0.3 is 18.3 Å². The molecule has 0 bridgehead atoms. The molecule has 0 spiro atoms. The summed E-state index contributed by atoms with van der Waals surface area (Å²) in [5.41, 5.74) is -0.892. The Balaban J connectivity index is 2.18. The minimum Gasteiger partial charge on any atom is -0.465 e. The van der Waals surface area contributed by atoms with Crippen molar-refractivity contribution < 1.29 is 35.9 Å². The fourth-order valence-corrected chi connectivity index (χ4v) is 1.83. The molecule has 0 unspecified atom stereocenters. The van der Waals surface area contributed by atoms with Crippen LogP contribution in [-0.4, -0.2) is 29.3 Å². The number of rotatable bonds is 4. The van der Waals surface area contributed by atoms with Crippen molar-refractivity contribution in [1.82, 2.24) is 9.97 Å². The van der Waals surface area contributed by atoms with Crippen molar-refractivity contribution in [3.05, 3.63) is 52.8 Å². The molecule has 1 heterocycles. The zero-order valence-electron chi connectivity index (χ0n) is 13.4. The molecule has 27 heavy (non-hydrogen) atoms. The van der Waals surface area contributed by atoms with Gasteiger partial charge in [-0.1, -0.05) is 12.1 Å². The molecular formula is C15H10F6N4O2. The van der Waals surface area contributed by atoms with Crippen molar-refractivity contribution in [2.45, 2.75) is 12.4 Å². The highest BCUT2D eigenvalue weighted by atomic mass is 19.4. The molecule has 0 aliphatic carbocycles. The van der Waals surface area contributed by atoms with Crippen molar-refractivity contribution in [3.63, 3.8) is 0 Å². The summed E-state index contributed by atoms with van der Waals surface area (Å²) in [7, 11) is 0.906. The first-order chi connectivity index (χ1) is 12.5. The van der Waals surface area contributed by atoms with Crippen LogP contribution in [0.1, 0.15) is 27.2 Å². The maximum Gasteiger partial charge on any atom is 0.434 e. The number of ether oxygens (including phenoxy) is 1. The van der Waals surface area contributed by atoms with E-state index < -0.39 is 41.1 Å². The van der Waals surface area contributed by atoms with Gasteiger partial charge in [0.25, 0.3) is 0 Å². The zero-order valence-corrected chi connectivity index (χ0v) is 13.4. The number of hydrogen-bond acceptors (Lipinski definition) is 6. The summed E-state index contributed by atoms with van der Waals surface area (Å²) in [5, 5.41) is 3.56. The van der Waals surface area contributed by atoms with E-state index in [4.69, 9.17) is 0 Å². The molecule has 0 fully saturated rings. The van der Waals surface area contributed by atoms with E-state index >= 15 is 0 Å². The van der Waals surface area contributed by atoms with E-state index in [2.05, 4.69) is 25.2 Å². The largest absolute Gasteiger partial charge is 0.465 e. The lowest BCUT2D eigenvalue weighted by atomic mass is 10.1. The number of methoxy groups -OCH3 is 1. The van der Waals surface area contributed by atoms with Crippen LogP contribution in [0, 0.1) is 0 Å². The lowest BCUT2D eigenvalue weighted by molar-refractivity contribution is -0.141. The zero-order chi connectivity index (χ0) is 20.2. The number of aromatic nitrogens is 2. The van der Waals surface area contributed by atoms with Crippen LogP contribution in [0.25, 0.3) is 0 Å². The number of halogens is 6. The number of nitrogens with zero attached hydrogens (tertiary/aromatic N) is 3. The second-order valence-electron chi connectivity index (χ2n) is 4.94. The first-order valence-electron chi connectivity index (χ1n) is 7.01. The average molecular weight is 392 g/mol. The predicted molar refractivity (Wildman–Crippen MR) is 81.0 cm³/mol. The molecule has 0 atom stereocenters. The van der Waals surface area contributed by atoms with E-state index in [9.17, 15) is 31.1 Å². The molecule has 0 saturated carbocycles. The van der Waals surface area contributed by atoms with Crippen LogP contribution in [0.15, 0.2) is 35.6 Å². The van der Waals surface area contributed by atoms with Gasteiger partial charge in [-0.3, -0.25) is 0 Å². The SMILES string of the molecule is COC(=O)c1cnc(N/N=C/c2ccc(C(F)(F)F)cc2)nc1C(F)(F)F. The monoisotopic (exact) mass is 392 g/mol. The summed E-state index contributed by atoms with van der Waals surface area (Å²) in [4.78, 5) is 18.1. The Kier molecular flexibility index (Phi) is 5.66. The number of benzene rings is 1. The van der Waals surface area contributed by atoms with Crippen LogP contribution in [0.2, 0.25) is 0 Å². The van der Waals surface area contributed by atoms with Crippen LogP contribution < -0.4 is 5.43 Å². The second-order valence-corrected chi connectivity index (χ2v) is 4.94. The molecule has 0 amide bonds. The Morgan fingerprint density at radius 1 is 1.11 bits per heavy atom. The number of nitrogens with one attached hydrogen (secondary N) is 1. The number of carbonyl (C=O) groups excluding carboxylic acids is 1. The average Bonchev–Trinajstić information content (AvgIpc) is 2.60. The summed E-state index contributed by atoms with van der Waals surface area (Å²) in [6, 6.07) is 3.89. The van der Waals surface area contributed by atoms with Crippen molar-refractivity contribution in [1.29, 1.82) is 0 Å². The van der Waals surface area contributed by atoms with Crippen LogP contribution in [0.5, 0.6) is 0 Å². The molecule has 1 N–H and O–H groups in total. The highest BCUT2D eigenvalue weighted by Crippen LogP contribution is 2.31. The molecule has 1 aromatic heterocycles. The molecule has 1 aromatic carbocycles. The van der Waals surface area contributed by atoms with Crippen molar-refractivity contribution in [2.24, 2.45) is 5.10 Å². The van der Waals surface area contributed by atoms with Gasteiger partial charge in [-0.05, 0) is 17.7 Å². The number of anilines is 1. The molecular weight excluding hydrogens is 382 g/mol. The van der Waals surface area contributed by atoms with E-state index in [-0.39, 0.29) is 5.56 Å². The van der Waals surface area contributed by atoms with Crippen LogP contribution in [0.4, 0.5) is 32.3 Å². The third kappa shape index (κ3) is 5.15. The van der Waals surface area contributed by atoms with Gasteiger partial charge in [0, 0.05) is 6.20 Å². The maximum atomic E-state index is 13.0. The quantitative estimate of drug-likeness (QED) is 0.371. The summed E-state index contributed by atoms with van der Waals surface area (Å²) < 4.78 is 80.6. The summed E-state index contributed by atoms with van der Waals surface area (Å²) in [5.74, 6) is -1.83. The number of alkyl halides is 6. The Labute approximate surface area is 147 Å². The Morgan fingerprint density at radius 3 is 2.26 bits per heavy atom. The third-order valence-corrected chi connectivity index (χ3v) is 3.08. The molecule has 0 aliphatic rings. The molecule has 0 radical (unpaired) electrons. The van der Waals surface area contributed by atoms with Gasteiger partial charge in [-0.15, -0.1) is 0 Å². The summed E-state index contributed by atoms with van der Waals surface area (Å²) in [6.45, 7) is 0. The Morgan fingerprint density at radius 2 is 1.74 bits per heavy atom. The van der Waals surface area contributed by atoms with Gasteiger partial charge in [-0.2, -0.15) is 31.4 Å². The summed E-state index contributed by atoms with van der Waals surface area (Å²) in [6.07, 6.45) is -7.75. The van der Waals surface area contributed by atoms with Gasteiger partial charge in [-0.25, -0.2) is 20.2 Å². The third-order valence-electron chi connectivity index (χ3n) is 3.08. The van der Waals surface area contributed by atoms with E-state index in [0.29, 0.717) is 6.20 Å². The normalized spacial score (nSPS) is 12.3. The van der Waals surface area contributed by atoms with Gasteiger partial charge in [0.1, 0.15) is 5.56 Å². The molecule has 0 saturated heterocycles.